The van der Waals surface area contributed by atoms with Crippen molar-refractivity contribution in [1.29, 1.82) is 0 Å². The highest BCUT2D eigenvalue weighted by Crippen LogP contribution is 2.32. The molecular formula is C14H27N3. The highest BCUT2D eigenvalue weighted by atomic mass is 15.3. The minimum atomic E-state index is 0.826. The number of rotatable bonds is 4. The average Bonchev–Trinajstić information content (AvgIpc) is 2.97. The Morgan fingerprint density at radius 2 is 2.12 bits per heavy atom. The van der Waals surface area contributed by atoms with Gasteiger partial charge in [0.2, 0.25) is 0 Å². The largest absolute Gasteiger partial charge is 0.315 e. The maximum absolute atomic E-state index is 3.54. The van der Waals surface area contributed by atoms with Gasteiger partial charge in [0.05, 0.1) is 0 Å². The van der Waals surface area contributed by atoms with Gasteiger partial charge in [-0.15, -0.1) is 0 Å². The van der Waals surface area contributed by atoms with Crippen molar-refractivity contribution >= 4 is 0 Å². The number of hydrogen-bond acceptors (Lipinski definition) is 3. The monoisotopic (exact) mass is 237 g/mol. The van der Waals surface area contributed by atoms with Crippen LogP contribution in [0.15, 0.2) is 0 Å². The number of fused-ring (bicyclic) bond motifs is 2. The van der Waals surface area contributed by atoms with Crippen molar-refractivity contribution < 1.29 is 0 Å². The van der Waals surface area contributed by atoms with Crippen LogP contribution < -0.4 is 5.32 Å². The van der Waals surface area contributed by atoms with Crippen molar-refractivity contribution in [3.8, 4) is 0 Å². The van der Waals surface area contributed by atoms with E-state index in [4.69, 9.17) is 0 Å². The predicted octanol–water partition coefficient (Wildman–Crippen LogP) is 1.15. The van der Waals surface area contributed by atoms with Crippen LogP contribution in [0.25, 0.3) is 0 Å². The fourth-order valence-corrected chi connectivity index (χ4v) is 4.17. The molecule has 98 valence electrons. The lowest BCUT2D eigenvalue weighted by atomic mass is 9.91. The molecule has 3 rings (SSSR count). The van der Waals surface area contributed by atoms with E-state index >= 15 is 0 Å². The van der Waals surface area contributed by atoms with E-state index in [9.17, 15) is 0 Å². The van der Waals surface area contributed by atoms with Gasteiger partial charge in [0.1, 0.15) is 0 Å². The van der Waals surface area contributed by atoms with E-state index in [-0.39, 0.29) is 0 Å². The molecule has 3 heteroatoms. The van der Waals surface area contributed by atoms with Crippen LogP contribution in [0.3, 0.4) is 0 Å². The molecule has 4 unspecified atom stereocenters. The summed E-state index contributed by atoms with van der Waals surface area (Å²) in [6.45, 7) is 10.2. The van der Waals surface area contributed by atoms with Gasteiger partial charge in [-0.2, -0.15) is 0 Å². The predicted molar refractivity (Wildman–Crippen MR) is 71.2 cm³/mol. The molecule has 0 amide bonds. The number of nitrogens with zero attached hydrogens (tertiary/aromatic N) is 2. The first-order chi connectivity index (χ1) is 8.38. The van der Waals surface area contributed by atoms with Gasteiger partial charge < -0.3 is 10.2 Å². The molecule has 1 N–H and O–H groups in total. The topological polar surface area (TPSA) is 18.5 Å². The molecule has 0 saturated carbocycles. The van der Waals surface area contributed by atoms with Gasteiger partial charge in [0, 0.05) is 25.2 Å². The zero-order valence-corrected chi connectivity index (χ0v) is 11.2. The third kappa shape index (κ3) is 2.38. The van der Waals surface area contributed by atoms with Crippen LogP contribution in [0.2, 0.25) is 0 Å². The Labute approximate surface area is 106 Å². The molecule has 2 bridgehead atoms. The van der Waals surface area contributed by atoms with E-state index in [0.29, 0.717) is 0 Å². The van der Waals surface area contributed by atoms with Gasteiger partial charge in [-0.25, -0.2) is 0 Å². The normalized spacial score (nSPS) is 41.3. The second kappa shape index (κ2) is 5.25. The van der Waals surface area contributed by atoms with Crippen LogP contribution >= 0.6 is 0 Å². The molecule has 0 spiro atoms. The van der Waals surface area contributed by atoms with Crippen LogP contribution in [0.4, 0.5) is 0 Å². The van der Waals surface area contributed by atoms with Gasteiger partial charge in [-0.1, -0.05) is 6.92 Å². The summed E-state index contributed by atoms with van der Waals surface area (Å²) in [5.74, 6) is 0.968. The van der Waals surface area contributed by atoms with Crippen LogP contribution in [-0.2, 0) is 0 Å². The highest BCUT2D eigenvalue weighted by molar-refractivity contribution is 4.95. The van der Waals surface area contributed by atoms with Crippen molar-refractivity contribution in [2.45, 2.75) is 44.7 Å². The van der Waals surface area contributed by atoms with Crippen LogP contribution in [-0.4, -0.2) is 61.2 Å². The second-order valence-electron chi connectivity index (χ2n) is 6.09. The summed E-state index contributed by atoms with van der Waals surface area (Å²) in [5.41, 5.74) is 0. The summed E-state index contributed by atoms with van der Waals surface area (Å²) in [7, 11) is 0. The summed E-state index contributed by atoms with van der Waals surface area (Å²) in [4.78, 5) is 5.53. The Morgan fingerprint density at radius 3 is 2.88 bits per heavy atom. The van der Waals surface area contributed by atoms with Crippen LogP contribution in [0.1, 0.15) is 32.6 Å². The zero-order chi connectivity index (χ0) is 11.7. The first-order valence-corrected chi connectivity index (χ1v) is 7.57. The molecule has 3 nitrogen and oxygen atoms in total. The Balaban J connectivity index is 1.68. The molecule has 0 aromatic carbocycles. The van der Waals surface area contributed by atoms with Crippen molar-refractivity contribution in [3.63, 3.8) is 0 Å². The molecular weight excluding hydrogens is 210 g/mol. The highest BCUT2D eigenvalue weighted by Gasteiger charge is 2.39. The third-order valence-corrected chi connectivity index (χ3v) is 5.01. The lowest BCUT2D eigenvalue weighted by molar-refractivity contribution is 0.0682. The number of hydrogen-bond donors (Lipinski definition) is 1. The Hall–Kier alpha value is -0.120. The second-order valence-corrected chi connectivity index (χ2v) is 6.09. The van der Waals surface area contributed by atoms with Gasteiger partial charge in [-0.05, 0) is 57.8 Å². The fraction of sp³-hybridized carbons (Fsp3) is 1.00. The maximum atomic E-state index is 3.54. The Kier molecular flexibility index (Phi) is 3.69. The van der Waals surface area contributed by atoms with E-state index in [1.165, 1.54) is 65.0 Å². The summed E-state index contributed by atoms with van der Waals surface area (Å²) < 4.78 is 0. The summed E-state index contributed by atoms with van der Waals surface area (Å²) in [6, 6.07) is 1.71. The van der Waals surface area contributed by atoms with E-state index in [0.717, 1.165) is 18.0 Å². The molecule has 3 aliphatic rings. The minimum Gasteiger partial charge on any atom is -0.315 e. The van der Waals surface area contributed by atoms with Crippen LogP contribution in [0.5, 0.6) is 0 Å². The summed E-state index contributed by atoms with van der Waals surface area (Å²) in [5, 5.41) is 3.54. The van der Waals surface area contributed by atoms with Crippen molar-refractivity contribution in [1.82, 2.24) is 15.1 Å². The molecule has 17 heavy (non-hydrogen) atoms. The molecule has 0 aliphatic carbocycles. The zero-order valence-electron chi connectivity index (χ0n) is 11.2. The maximum Gasteiger partial charge on any atom is 0.0235 e. The molecule has 3 fully saturated rings. The lowest BCUT2D eigenvalue weighted by Gasteiger charge is -2.42. The minimum absolute atomic E-state index is 0.826. The van der Waals surface area contributed by atoms with E-state index in [1.54, 1.807) is 0 Å². The first kappa shape index (κ1) is 11.9. The molecule has 0 aromatic rings. The first-order valence-electron chi connectivity index (χ1n) is 7.57. The standard InChI is InChI=1S/C14H27N3/c1-2-7-17(13-3-6-15-10-13)14-5-9-16-8-4-12(14)11-16/h12-15H,2-11H2,1H3. The molecule has 0 radical (unpaired) electrons. The number of nitrogens with one attached hydrogen (secondary N) is 1. The van der Waals surface area contributed by atoms with Crippen molar-refractivity contribution in [2.75, 3.05) is 39.3 Å². The SMILES string of the molecule is CCCN(C1CCNC1)C1CCN2CCC1C2. The van der Waals surface area contributed by atoms with Crippen molar-refractivity contribution in [2.24, 2.45) is 5.92 Å². The lowest BCUT2D eigenvalue weighted by Crippen LogP contribution is -2.51. The van der Waals surface area contributed by atoms with E-state index in [2.05, 4.69) is 22.0 Å². The molecule has 3 aliphatic heterocycles. The summed E-state index contributed by atoms with van der Waals surface area (Å²) >= 11 is 0. The van der Waals surface area contributed by atoms with E-state index in [1.807, 2.05) is 0 Å². The fourth-order valence-electron chi connectivity index (χ4n) is 4.17. The van der Waals surface area contributed by atoms with Crippen LogP contribution in [0, 0.1) is 5.92 Å². The smallest absolute Gasteiger partial charge is 0.0235 e. The number of piperidine rings is 1. The summed E-state index contributed by atoms with van der Waals surface area (Å²) in [6.07, 6.45) is 5.54. The van der Waals surface area contributed by atoms with Gasteiger partial charge >= 0.3 is 0 Å². The van der Waals surface area contributed by atoms with E-state index < -0.39 is 0 Å². The van der Waals surface area contributed by atoms with Gasteiger partial charge in [0.15, 0.2) is 0 Å². The molecule has 3 heterocycles. The third-order valence-electron chi connectivity index (χ3n) is 5.01. The Morgan fingerprint density at radius 1 is 1.24 bits per heavy atom. The van der Waals surface area contributed by atoms with Crippen molar-refractivity contribution in [3.05, 3.63) is 0 Å². The quantitative estimate of drug-likeness (QED) is 0.791. The van der Waals surface area contributed by atoms with Gasteiger partial charge in [-0.3, -0.25) is 4.90 Å². The van der Waals surface area contributed by atoms with Gasteiger partial charge in [0.25, 0.3) is 0 Å². The molecule has 3 saturated heterocycles. The Bertz CT molecular complexity index is 250. The molecule has 4 atom stereocenters. The molecule has 0 aromatic heterocycles. The average molecular weight is 237 g/mol.